The van der Waals surface area contributed by atoms with Crippen LogP contribution in [-0.4, -0.2) is 61.7 Å². The highest BCUT2D eigenvalue weighted by Gasteiger charge is 2.24. The quantitative estimate of drug-likeness (QED) is 0.880. The van der Waals surface area contributed by atoms with E-state index in [2.05, 4.69) is 39.2 Å². The van der Waals surface area contributed by atoms with Crippen molar-refractivity contribution in [1.82, 2.24) is 14.9 Å². The topological polar surface area (TPSA) is 53.5 Å². The van der Waals surface area contributed by atoms with Gasteiger partial charge in [0.15, 0.2) is 11.6 Å². The van der Waals surface area contributed by atoms with E-state index in [1.807, 2.05) is 6.92 Å². The summed E-state index contributed by atoms with van der Waals surface area (Å²) in [5.41, 5.74) is 0. The minimum atomic E-state index is 0.660. The van der Waals surface area contributed by atoms with Crippen molar-refractivity contribution in [2.45, 2.75) is 25.8 Å². The van der Waals surface area contributed by atoms with Crippen molar-refractivity contribution in [1.29, 1.82) is 0 Å². The molecule has 0 aromatic carbocycles. The Morgan fingerprint density at radius 2 is 2.05 bits per heavy atom. The maximum Gasteiger partial charge on any atom is 0.204 e. The summed E-state index contributed by atoms with van der Waals surface area (Å²) in [6.45, 7) is 4.86. The molecular formula is C14H25N5O. The maximum atomic E-state index is 5.52. The number of aromatic nitrogens is 2. The summed E-state index contributed by atoms with van der Waals surface area (Å²) in [6.07, 6.45) is 3.90. The number of nitrogens with one attached hydrogen (secondary N) is 1. The summed E-state index contributed by atoms with van der Waals surface area (Å²) >= 11 is 0. The zero-order chi connectivity index (χ0) is 14.5. The van der Waals surface area contributed by atoms with Crippen LogP contribution >= 0.6 is 0 Å². The van der Waals surface area contributed by atoms with Crippen LogP contribution in [0, 0.1) is 0 Å². The number of rotatable bonds is 5. The molecule has 1 aliphatic rings. The minimum absolute atomic E-state index is 0.660. The van der Waals surface area contributed by atoms with Crippen molar-refractivity contribution in [3.8, 4) is 5.75 Å². The van der Waals surface area contributed by atoms with Crippen LogP contribution in [0.3, 0.4) is 0 Å². The first-order valence-corrected chi connectivity index (χ1v) is 7.21. The molecule has 0 atom stereocenters. The lowest BCUT2D eigenvalue weighted by Gasteiger charge is -2.36. The van der Waals surface area contributed by atoms with Gasteiger partial charge in [-0.3, -0.25) is 0 Å². The molecule has 0 unspecified atom stereocenters. The summed E-state index contributed by atoms with van der Waals surface area (Å²) in [5.74, 6) is 2.42. The van der Waals surface area contributed by atoms with Crippen LogP contribution in [0.5, 0.6) is 5.75 Å². The highest BCUT2D eigenvalue weighted by molar-refractivity contribution is 5.64. The molecule has 2 heterocycles. The highest BCUT2D eigenvalue weighted by atomic mass is 16.5. The molecule has 0 radical (unpaired) electrons. The van der Waals surface area contributed by atoms with Crippen molar-refractivity contribution in [3.63, 3.8) is 0 Å². The van der Waals surface area contributed by atoms with Crippen LogP contribution in [0.4, 0.5) is 11.6 Å². The summed E-state index contributed by atoms with van der Waals surface area (Å²) in [6, 6.07) is 0.660. The van der Waals surface area contributed by atoms with Crippen LogP contribution in [-0.2, 0) is 0 Å². The molecule has 0 saturated carbocycles. The molecule has 0 bridgehead atoms. The van der Waals surface area contributed by atoms with Gasteiger partial charge in [-0.05, 0) is 33.9 Å². The van der Waals surface area contributed by atoms with E-state index in [4.69, 9.17) is 4.74 Å². The Kier molecular flexibility index (Phi) is 5.00. The smallest absolute Gasteiger partial charge is 0.204 e. The molecule has 1 fully saturated rings. The average Bonchev–Trinajstić information content (AvgIpc) is 2.47. The Labute approximate surface area is 121 Å². The molecule has 2 rings (SSSR count). The third-order valence-electron chi connectivity index (χ3n) is 3.83. The Morgan fingerprint density at radius 1 is 1.35 bits per heavy atom. The standard InChI is InChI=1S/C14H25N5O/c1-5-15-13-12(20-4)14(17-10-16-13)19-8-6-11(7-9-19)18(2)3/h10-11H,5-9H2,1-4H3,(H,15,16,17). The summed E-state index contributed by atoms with van der Waals surface area (Å²) in [4.78, 5) is 13.3. The molecule has 1 aromatic rings. The first-order valence-electron chi connectivity index (χ1n) is 7.21. The van der Waals surface area contributed by atoms with Crippen molar-refractivity contribution >= 4 is 11.6 Å². The van der Waals surface area contributed by atoms with Crippen molar-refractivity contribution in [3.05, 3.63) is 6.33 Å². The molecule has 20 heavy (non-hydrogen) atoms. The number of anilines is 2. The molecule has 0 spiro atoms. The lowest BCUT2D eigenvalue weighted by Crippen LogP contribution is -2.42. The fourth-order valence-electron chi connectivity index (χ4n) is 2.67. The fraction of sp³-hybridized carbons (Fsp3) is 0.714. The molecule has 0 amide bonds. The molecule has 1 N–H and O–H groups in total. The molecule has 112 valence electrons. The minimum Gasteiger partial charge on any atom is -0.490 e. The van der Waals surface area contributed by atoms with E-state index in [0.29, 0.717) is 6.04 Å². The summed E-state index contributed by atoms with van der Waals surface area (Å²) < 4.78 is 5.52. The largest absolute Gasteiger partial charge is 0.490 e. The second-order valence-electron chi connectivity index (χ2n) is 5.29. The molecule has 1 saturated heterocycles. The van der Waals surface area contributed by atoms with Crippen molar-refractivity contribution < 1.29 is 4.74 Å². The van der Waals surface area contributed by atoms with Crippen molar-refractivity contribution in [2.75, 3.05) is 51.1 Å². The maximum absolute atomic E-state index is 5.52. The van der Waals surface area contributed by atoms with E-state index >= 15 is 0 Å². The van der Waals surface area contributed by atoms with Crippen LogP contribution < -0.4 is 15.0 Å². The second-order valence-corrected chi connectivity index (χ2v) is 5.29. The van der Waals surface area contributed by atoms with Gasteiger partial charge in [0.1, 0.15) is 6.33 Å². The first kappa shape index (κ1) is 14.8. The Morgan fingerprint density at radius 3 is 2.60 bits per heavy atom. The Balaban J connectivity index is 2.15. The number of nitrogens with zero attached hydrogens (tertiary/aromatic N) is 4. The average molecular weight is 279 g/mol. The number of hydrogen-bond acceptors (Lipinski definition) is 6. The highest BCUT2D eigenvalue weighted by Crippen LogP contribution is 2.33. The predicted molar refractivity (Wildman–Crippen MR) is 81.7 cm³/mol. The lowest BCUT2D eigenvalue weighted by molar-refractivity contribution is 0.248. The molecular weight excluding hydrogens is 254 g/mol. The van der Waals surface area contributed by atoms with Gasteiger partial charge < -0.3 is 19.9 Å². The van der Waals surface area contributed by atoms with E-state index in [1.54, 1.807) is 13.4 Å². The van der Waals surface area contributed by atoms with E-state index in [9.17, 15) is 0 Å². The van der Waals surface area contributed by atoms with Crippen LogP contribution in [0.1, 0.15) is 19.8 Å². The lowest BCUT2D eigenvalue weighted by atomic mass is 10.0. The monoisotopic (exact) mass is 279 g/mol. The van der Waals surface area contributed by atoms with Gasteiger partial charge in [-0.1, -0.05) is 0 Å². The third kappa shape index (κ3) is 3.12. The Bertz CT molecular complexity index is 430. The molecule has 6 heteroatoms. The normalized spacial score (nSPS) is 16.6. The van der Waals surface area contributed by atoms with E-state index in [0.717, 1.165) is 49.9 Å². The number of ether oxygens (including phenoxy) is 1. The predicted octanol–water partition coefficient (Wildman–Crippen LogP) is 1.45. The van der Waals surface area contributed by atoms with Gasteiger partial charge in [-0.25, -0.2) is 9.97 Å². The van der Waals surface area contributed by atoms with Gasteiger partial charge in [-0.2, -0.15) is 0 Å². The Hall–Kier alpha value is -1.56. The van der Waals surface area contributed by atoms with Crippen LogP contribution in [0.25, 0.3) is 0 Å². The number of piperidine rings is 1. The second kappa shape index (κ2) is 6.74. The van der Waals surface area contributed by atoms with E-state index < -0.39 is 0 Å². The zero-order valence-corrected chi connectivity index (χ0v) is 12.9. The van der Waals surface area contributed by atoms with Crippen molar-refractivity contribution in [2.24, 2.45) is 0 Å². The molecule has 0 aliphatic carbocycles. The van der Waals surface area contributed by atoms with E-state index in [1.165, 1.54) is 0 Å². The van der Waals surface area contributed by atoms with Gasteiger partial charge in [0.2, 0.25) is 5.75 Å². The summed E-state index contributed by atoms with van der Waals surface area (Å²) in [7, 11) is 5.97. The molecule has 6 nitrogen and oxygen atoms in total. The van der Waals surface area contributed by atoms with Gasteiger partial charge >= 0.3 is 0 Å². The number of methoxy groups -OCH3 is 1. The van der Waals surface area contributed by atoms with Gasteiger partial charge in [0.05, 0.1) is 7.11 Å². The number of hydrogen-bond donors (Lipinski definition) is 1. The molecule has 1 aliphatic heterocycles. The van der Waals surface area contributed by atoms with Gasteiger partial charge in [0.25, 0.3) is 0 Å². The fourth-order valence-corrected chi connectivity index (χ4v) is 2.67. The zero-order valence-electron chi connectivity index (χ0n) is 12.9. The van der Waals surface area contributed by atoms with E-state index in [-0.39, 0.29) is 0 Å². The van der Waals surface area contributed by atoms with Crippen LogP contribution in [0.15, 0.2) is 6.33 Å². The summed E-state index contributed by atoms with van der Waals surface area (Å²) in [5, 5.41) is 3.22. The van der Waals surface area contributed by atoms with Gasteiger partial charge in [-0.15, -0.1) is 0 Å². The third-order valence-corrected chi connectivity index (χ3v) is 3.83. The van der Waals surface area contributed by atoms with Gasteiger partial charge in [0, 0.05) is 25.7 Å². The van der Waals surface area contributed by atoms with Crippen LogP contribution in [0.2, 0.25) is 0 Å². The first-order chi connectivity index (χ1) is 9.67. The molecule has 1 aromatic heterocycles. The SMILES string of the molecule is CCNc1ncnc(N2CCC(N(C)C)CC2)c1OC.